The minimum atomic E-state index is -3.40. The van der Waals surface area contributed by atoms with Crippen molar-refractivity contribution >= 4 is 31.9 Å². The highest BCUT2D eigenvalue weighted by atomic mass is 79.9. The molecular weight excluding hydrogens is 496 g/mol. The zero-order chi connectivity index (χ0) is 23.1. The van der Waals surface area contributed by atoms with Gasteiger partial charge in [0.05, 0.1) is 20.0 Å². The highest BCUT2D eigenvalue weighted by molar-refractivity contribution is 9.10. The molecule has 1 N–H and O–H groups in total. The van der Waals surface area contributed by atoms with Crippen molar-refractivity contribution < 1.29 is 22.7 Å². The molecule has 2 aromatic carbocycles. The van der Waals surface area contributed by atoms with Crippen LogP contribution in [0.4, 0.5) is 0 Å². The molecule has 0 radical (unpaired) electrons. The van der Waals surface area contributed by atoms with Crippen LogP contribution < -0.4 is 14.8 Å². The highest BCUT2D eigenvalue weighted by Gasteiger charge is 2.31. The number of hydrogen-bond acceptors (Lipinski definition) is 5. The fraction of sp³-hybridized carbons (Fsp3) is 0.435. The van der Waals surface area contributed by atoms with Crippen molar-refractivity contribution in [3.8, 4) is 11.5 Å². The summed E-state index contributed by atoms with van der Waals surface area (Å²) in [6.07, 6.45) is 1.73. The first-order valence-corrected chi connectivity index (χ1v) is 12.9. The molecule has 7 nitrogen and oxygen atoms in total. The number of piperidine rings is 1. The van der Waals surface area contributed by atoms with Crippen LogP contribution in [0.5, 0.6) is 11.5 Å². The van der Waals surface area contributed by atoms with E-state index in [1.54, 1.807) is 26.4 Å². The standard InChI is InChI=1S/C23H29BrN2O5S/c1-30-21-8-5-17(15-22(21)31-2)9-12-25-23(27)19-10-13-26(14-11-19)32(28,29)16-18-3-6-20(24)7-4-18/h3-8,15,19H,9-14,16H2,1-2H3,(H,25,27). The Morgan fingerprint density at radius 1 is 1.03 bits per heavy atom. The summed E-state index contributed by atoms with van der Waals surface area (Å²) < 4.78 is 38.4. The number of ether oxygens (including phenoxy) is 2. The summed E-state index contributed by atoms with van der Waals surface area (Å²) in [4.78, 5) is 12.6. The van der Waals surface area contributed by atoms with Gasteiger partial charge in [0.2, 0.25) is 15.9 Å². The topological polar surface area (TPSA) is 84.9 Å². The molecule has 0 bridgehead atoms. The van der Waals surface area contributed by atoms with E-state index in [-0.39, 0.29) is 17.6 Å². The Hall–Kier alpha value is -2.10. The summed E-state index contributed by atoms with van der Waals surface area (Å²) in [5.74, 6) is 1.12. The first-order valence-electron chi connectivity index (χ1n) is 10.5. The molecule has 1 heterocycles. The number of amides is 1. The van der Waals surface area contributed by atoms with Crippen LogP contribution in [0, 0.1) is 5.92 Å². The number of hydrogen-bond donors (Lipinski definition) is 1. The van der Waals surface area contributed by atoms with Crippen molar-refractivity contribution in [2.45, 2.75) is 25.0 Å². The predicted octanol–water partition coefficient (Wildman–Crippen LogP) is 3.37. The van der Waals surface area contributed by atoms with Crippen molar-refractivity contribution in [2.24, 2.45) is 5.92 Å². The fourth-order valence-electron chi connectivity index (χ4n) is 3.79. The van der Waals surface area contributed by atoms with E-state index >= 15 is 0 Å². The Labute approximate surface area is 198 Å². The van der Waals surface area contributed by atoms with Crippen molar-refractivity contribution in [3.63, 3.8) is 0 Å². The van der Waals surface area contributed by atoms with E-state index in [9.17, 15) is 13.2 Å². The number of rotatable bonds is 9. The van der Waals surface area contributed by atoms with Gasteiger partial charge in [-0.1, -0.05) is 34.1 Å². The fourth-order valence-corrected chi connectivity index (χ4v) is 5.62. The Bertz CT molecular complexity index is 1020. The van der Waals surface area contributed by atoms with Gasteiger partial charge in [-0.15, -0.1) is 0 Å². The van der Waals surface area contributed by atoms with Crippen LogP contribution in [0.1, 0.15) is 24.0 Å². The monoisotopic (exact) mass is 524 g/mol. The second kappa shape index (κ2) is 11.2. The molecule has 9 heteroatoms. The normalized spacial score (nSPS) is 15.3. The third-order valence-corrected chi connectivity index (χ3v) is 8.02. The van der Waals surface area contributed by atoms with Gasteiger partial charge >= 0.3 is 0 Å². The lowest BCUT2D eigenvalue weighted by molar-refractivity contribution is -0.126. The van der Waals surface area contributed by atoms with Crippen LogP contribution in [0.3, 0.4) is 0 Å². The molecule has 0 saturated carbocycles. The number of nitrogens with zero attached hydrogens (tertiary/aromatic N) is 1. The number of nitrogens with one attached hydrogen (secondary N) is 1. The van der Waals surface area contributed by atoms with Gasteiger partial charge in [0.25, 0.3) is 0 Å². The van der Waals surface area contributed by atoms with E-state index in [1.807, 2.05) is 30.3 Å². The minimum Gasteiger partial charge on any atom is -0.493 e. The summed E-state index contributed by atoms with van der Waals surface area (Å²) in [5, 5.41) is 2.98. The van der Waals surface area contributed by atoms with Crippen LogP contribution in [0.25, 0.3) is 0 Å². The number of carbonyl (C=O) groups is 1. The van der Waals surface area contributed by atoms with Gasteiger partial charge in [0.1, 0.15) is 0 Å². The first kappa shape index (κ1) is 24.5. The molecule has 0 spiro atoms. The second-order valence-corrected chi connectivity index (χ2v) is 10.7. The van der Waals surface area contributed by atoms with E-state index in [1.165, 1.54) is 4.31 Å². The van der Waals surface area contributed by atoms with Gasteiger partial charge in [-0.25, -0.2) is 12.7 Å². The molecule has 0 aromatic heterocycles. The van der Waals surface area contributed by atoms with E-state index in [0.717, 1.165) is 15.6 Å². The third-order valence-electron chi connectivity index (χ3n) is 5.64. The average molecular weight is 525 g/mol. The summed E-state index contributed by atoms with van der Waals surface area (Å²) in [7, 11) is -0.215. The summed E-state index contributed by atoms with van der Waals surface area (Å²) in [6, 6.07) is 13.0. The molecule has 1 saturated heterocycles. The largest absolute Gasteiger partial charge is 0.493 e. The number of sulfonamides is 1. The Morgan fingerprint density at radius 2 is 1.66 bits per heavy atom. The van der Waals surface area contributed by atoms with Gasteiger partial charge in [0.15, 0.2) is 11.5 Å². The van der Waals surface area contributed by atoms with Gasteiger partial charge in [-0.2, -0.15) is 0 Å². The van der Waals surface area contributed by atoms with Gasteiger partial charge < -0.3 is 14.8 Å². The molecule has 2 aromatic rings. The van der Waals surface area contributed by atoms with Crippen molar-refractivity contribution in [1.82, 2.24) is 9.62 Å². The molecule has 3 rings (SSSR count). The molecule has 0 unspecified atom stereocenters. The lowest BCUT2D eigenvalue weighted by Gasteiger charge is -2.30. The Morgan fingerprint density at radius 3 is 2.28 bits per heavy atom. The average Bonchev–Trinajstić information content (AvgIpc) is 2.80. The maximum absolute atomic E-state index is 12.7. The second-order valence-electron chi connectivity index (χ2n) is 7.79. The van der Waals surface area contributed by atoms with Crippen LogP contribution >= 0.6 is 15.9 Å². The first-order chi connectivity index (χ1) is 15.3. The van der Waals surface area contributed by atoms with Crippen LogP contribution in [0.2, 0.25) is 0 Å². The Kier molecular flexibility index (Phi) is 8.56. The molecule has 32 heavy (non-hydrogen) atoms. The highest BCUT2D eigenvalue weighted by Crippen LogP contribution is 2.27. The van der Waals surface area contributed by atoms with E-state index in [4.69, 9.17) is 9.47 Å². The van der Waals surface area contributed by atoms with Crippen molar-refractivity contribution in [3.05, 3.63) is 58.1 Å². The summed E-state index contributed by atoms with van der Waals surface area (Å²) >= 11 is 3.36. The third kappa shape index (κ3) is 6.46. The van der Waals surface area contributed by atoms with E-state index in [0.29, 0.717) is 50.4 Å². The lowest BCUT2D eigenvalue weighted by atomic mass is 9.97. The van der Waals surface area contributed by atoms with Crippen LogP contribution in [0.15, 0.2) is 46.9 Å². The number of methoxy groups -OCH3 is 2. The van der Waals surface area contributed by atoms with Crippen molar-refractivity contribution in [2.75, 3.05) is 33.9 Å². The van der Waals surface area contributed by atoms with E-state index < -0.39 is 10.0 Å². The maximum Gasteiger partial charge on any atom is 0.223 e. The van der Waals surface area contributed by atoms with E-state index in [2.05, 4.69) is 21.2 Å². The molecule has 1 aliphatic heterocycles. The number of benzene rings is 2. The molecule has 1 fully saturated rings. The zero-order valence-electron chi connectivity index (χ0n) is 18.3. The summed E-state index contributed by atoms with van der Waals surface area (Å²) in [5.41, 5.74) is 1.79. The van der Waals surface area contributed by atoms with Gasteiger partial charge in [-0.05, 0) is 54.7 Å². The van der Waals surface area contributed by atoms with Gasteiger partial charge in [-0.3, -0.25) is 4.79 Å². The smallest absolute Gasteiger partial charge is 0.223 e. The molecule has 0 atom stereocenters. The zero-order valence-corrected chi connectivity index (χ0v) is 20.7. The lowest BCUT2D eigenvalue weighted by Crippen LogP contribution is -2.43. The minimum absolute atomic E-state index is 0.0181. The predicted molar refractivity (Wildman–Crippen MR) is 127 cm³/mol. The number of halogens is 1. The Balaban J connectivity index is 1.45. The SMILES string of the molecule is COc1ccc(CCNC(=O)C2CCN(S(=O)(=O)Cc3ccc(Br)cc3)CC2)cc1OC. The maximum atomic E-state index is 12.7. The van der Waals surface area contributed by atoms with Crippen LogP contribution in [-0.4, -0.2) is 52.5 Å². The summed E-state index contributed by atoms with van der Waals surface area (Å²) in [6.45, 7) is 1.25. The van der Waals surface area contributed by atoms with Gasteiger partial charge in [0, 0.05) is 30.0 Å². The molecule has 174 valence electrons. The molecular formula is C23H29BrN2O5S. The van der Waals surface area contributed by atoms with Crippen LogP contribution in [-0.2, 0) is 27.0 Å². The number of carbonyl (C=O) groups excluding carboxylic acids is 1. The molecule has 1 aliphatic rings. The molecule has 0 aliphatic carbocycles. The molecule has 1 amide bonds. The quantitative estimate of drug-likeness (QED) is 0.543. The van der Waals surface area contributed by atoms with Crippen molar-refractivity contribution in [1.29, 1.82) is 0 Å².